The molecular weight excluding hydrogens is 484 g/mol. The lowest BCUT2D eigenvalue weighted by atomic mass is 9.93. The van der Waals surface area contributed by atoms with Crippen molar-refractivity contribution in [1.82, 2.24) is 15.0 Å². The van der Waals surface area contributed by atoms with Crippen LogP contribution in [0.5, 0.6) is 0 Å². The van der Waals surface area contributed by atoms with Crippen molar-refractivity contribution in [2.45, 2.75) is 26.6 Å². The zero-order chi connectivity index (χ0) is 25.3. The number of halogens is 2. The van der Waals surface area contributed by atoms with Gasteiger partial charge in [0.2, 0.25) is 5.95 Å². The zero-order valence-electron chi connectivity index (χ0n) is 20.0. The number of nitriles is 1. The van der Waals surface area contributed by atoms with Gasteiger partial charge in [-0.15, -0.1) is 11.3 Å². The van der Waals surface area contributed by atoms with Gasteiger partial charge in [-0.1, -0.05) is 6.92 Å². The van der Waals surface area contributed by atoms with E-state index in [1.165, 1.54) is 0 Å². The molecule has 184 valence electrons. The SMILES string of the molecule is CC1CCN(c2nc(N(C)C)c3c4c(c(-c5ncc(F)c6sc(N)c(C#N)c56)c(F)c3n2)COC4)C1. The number of thiophene rings is 1. The molecule has 5 heterocycles. The van der Waals surface area contributed by atoms with Gasteiger partial charge in [0, 0.05) is 38.1 Å². The number of nitrogens with two attached hydrogens (primary N) is 1. The number of benzene rings is 1. The number of nitrogens with zero attached hydrogens (tertiary/aromatic N) is 6. The molecule has 6 rings (SSSR count). The highest BCUT2D eigenvalue weighted by Crippen LogP contribution is 2.46. The maximum atomic E-state index is 16.6. The zero-order valence-corrected chi connectivity index (χ0v) is 20.8. The van der Waals surface area contributed by atoms with Crippen molar-refractivity contribution in [3.8, 4) is 17.3 Å². The molecule has 1 saturated heterocycles. The molecule has 2 aliphatic heterocycles. The van der Waals surface area contributed by atoms with Crippen molar-refractivity contribution in [3.63, 3.8) is 0 Å². The van der Waals surface area contributed by atoms with Crippen molar-refractivity contribution in [3.05, 3.63) is 34.5 Å². The van der Waals surface area contributed by atoms with Gasteiger partial charge < -0.3 is 20.3 Å². The number of nitrogen functional groups attached to an aromatic ring is 1. The summed E-state index contributed by atoms with van der Waals surface area (Å²) in [4.78, 5) is 17.7. The van der Waals surface area contributed by atoms with Crippen LogP contribution in [0.1, 0.15) is 30.0 Å². The second-order valence-corrected chi connectivity index (χ2v) is 10.6. The van der Waals surface area contributed by atoms with Crippen LogP contribution in [-0.4, -0.2) is 42.1 Å². The van der Waals surface area contributed by atoms with Crippen molar-refractivity contribution in [2.75, 3.05) is 42.7 Å². The molecule has 11 heteroatoms. The number of anilines is 3. The Labute approximate surface area is 209 Å². The van der Waals surface area contributed by atoms with Gasteiger partial charge in [-0.05, 0) is 23.5 Å². The smallest absolute Gasteiger partial charge is 0.228 e. The third-order valence-corrected chi connectivity index (χ3v) is 7.97. The monoisotopic (exact) mass is 507 g/mol. The van der Waals surface area contributed by atoms with E-state index in [1.54, 1.807) is 0 Å². The third kappa shape index (κ3) is 3.21. The second-order valence-electron chi connectivity index (χ2n) is 9.56. The first-order valence-corrected chi connectivity index (χ1v) is 12.4. The molecule has 3 aromatic heterocycles. The van der Waals surface area contributed by atoms with Crippen LogP contribution < -0.4 is 15.5 Å². The normalized spacial score (nSPS) is 17.2. The first-order valence-electron chi connectivity index (χ1n) is 11.6. The number of hydrogen-bond donors (Lipinski definition) is 1. The Morgan fingerprint density at radius 1 is 1.22 bits per heavy atom. The Morgan fingerprint density at radius 2 is 2.00 bits per heavy atom. The molecule has 2 N–H and O–H groups in total. The first kappa shape index (κ1) is 22.8. The molecule has 0 bridgehead atoms. The third-order valence-electron chi connectivity index (χ3n) is 6.94. The van der Waals surface area contributed by atoms with E-state index >= 15 is 4.39 Å². The lowest BCUT2D eigenvalue weighted by molar-refractivity contribution is 0.135. The Hall–Kier alpha value is -3.62. The molecule has 0 radical (unpaired) electrons. The fraction of sp³-hybridized carbons (Fsp3) is 0.360. The van der Waals surface area contributed by atoms with Crippen LogP contribution >= 0.6 is 11.3 Å². The summed E-state index contributed by atoms with van der Waals surface area (Å²) in [6.45, 7) is 4.16. The minimum absolute atomic E-state index is 0.0903. The number of pyridine rings is 1. The Kier molecular flexibility index (Phi) is 5.21. The summed E-state index contributed by atoms with van der Waals surface area (Å²) in [5, 5.41) is 10.7. The Balaban J connectivity index is 1.72. The number of ether oxygens (including phenoxy) is 1. The van der Waals surface area contributed by atoms with Crippen molar-refractivity contribution < 1.29 is 13.5 Å². The molecule has 0 aliphatic carbocycles. The van der Waals surface area contributed by atoms with Crippen LogP contribution in [0.3, 0.4) is 0 Å². The highest BCUT2D eigenvalue weighted by Gasteiger charge is 2.32. The van der Waals surface area contributed by atoms with E-state index in [0.29, 0.717) is 28.6 Å². The summed E-state index contributed by atoms with van der Waals surface area (Å²) in [6.07, 6.45) is 2.06. The van der Waals surface area contributed by atoms with Gasteiger partial charge in [0.05, 0.1) is 40.8 Å². The van der Waals surface area contributed by atoms with Crippen LogP contribution in [0.25, 0.3) is 32.2 Å². The molecule has 2 aliphatic rings. The largest absolute Gasteiger partial charge is 0.389 e. The summed E-state index contributed by atoms with van der Waals surface area (Å²) < 4.78 is 37.3. The molecule has 0 spiro atoms. The summed E-state index contributed by atoms with van der Waals surface area (Å²) in [6, 6.07) is 2.04. The highest BCUT2D eigenvalue weighted by atomic mass is 32.1. The molecule has 8 nitrogen and oxygen atoms in total. The van der Waals surface area contributed by atoms with E-state index < -0.39 is 11.6 Å². The number of hydrogen-bond acceptors (Lipinski definition) is 9. The van der Waals surface area contributed by atoms with Gasteiger partial charge >= 0.3 is 0 Å². The number of fused-ring (bicyclic) bond motifs is 4. The van der Waals surface area contributed by atoms with Gasteiger partial charge in [0.1, 0.15) is 22.4 Å². The second kappa shape index (κ2) is 8.21. The van der Waals surface area contributed by atoms with E-state index in [4.69, 9.17) is 20.4 Å². The Bertz CT molecular complexity index is 1610. The Morgan fingerprint density at radius 3 is 2.69 bits per heavy atom. The van der Waals surface area contributed by atoms with Crippen LogP contribution in [0.15, 0.2) is 6.20 Å². The molecule has 4 aromatic rings. The van der Waals surface area contributed by atoms with Crippen LogP contribution in [-0.2, 0) is 18.0 Å². The van der Waals surface area contributed by atoms with E-state index in [2.05, 4.69) is 16.8 Å². The summed E-state index contributed by atoms with van der Waals surface area (Å²) in [7, 11) is 3.73. The van der Waals surface area contributed by atoms with Crippen LogP contribution in [0.2, 0.25) is 0 Å². The lowest BCUT2D eigenvalue weighted by Crippen LogP contribution is -2.24. The molecular formula is C25H23F2N7OS. The molecule has 0 saturated carbocycles. The van der Waals surface area contributed by atoms with Gasteiger partial charge in [-0.3, -0.25) is 4.98 Å². The lowest BCUT2D eigenvalue weighted by Gasteiger charge is -2.23. The molecule has 0 amide bonds. The van der Waals surface area contributed by atoms with E-state index in [9.17, 15) is 9.65 Å². The minimum atomic E-state index is -0.608. The maximum Gasteiger partial charge on any atom is 0.228 e. The van der Waals surface area contributed by atoms with Crippen LogP contribution in [0.4, 0.5) is 25.5 Å². The number of aromatic nitrogens is 3. The van der Waals surface area contributed by atoms with Gasteiger partial charge in [0.15, 0.2) is 11.6 Å². The van der Waals surface area contributed by atoms with E-state index in [-0.39, 0.29) is 50.6 Å². The van der Waals surface area contributed by atoms with E-state index in [0.717, 1.165) is 42.6 Å². The minimum Gasteiger partial charge on any atom is -0.389 e. The van der Waals surface area contributed by atoms with Crippen LogP contribution in [0, 0.1) is 28.9 Å². The van der Waals surface area contributed by atoms with Crippen molar-refractivity contribution >= 4 is 49.1 Å². The fourth-order valence-corrected chi connectivity index (χ4v) is 6.14. The summed E-state index contributed by atoms with van der Waals surface area (Å²) >= 11 is 0.955. The van der Waals surface area contributed by atoms with Gasteiger partial charge in [-0.25, -0.2) is 13.8 Å². The maximum absolute atomic E-state index is 16.6. The molecule has 1 unspecified atom stereocenters. The topological polar surface area (TPSA) is 104 Å². The first-order chi connectivity index (χ1) is 17.3. The predicted molar refractivity (Wildman–Crippen MR) is 136 cm³/mol. The fourth-order valence-electron chi connectivity index (χ4n) is 5.22. The highest BCUT2D eigenvalue weighted by molar-refractivity contribution is 7.23. The van der Waals surface area contributed by atoms with Crippen molar-refractivity contribution in [1.29, 1.82) is 5.26 Å². The number of rotatable bonds is 3. The van der Waals surface area contributed by atoms with Gasteiger partial charge in [0.25, 0.3) is 0 Å². The van der Waals surface area contributed by atoms with E-state index in [1.807, 2.05) is 25.1 Å². The molecule has 1 aromatic carbocycles. The average Bonchev–Trinajstić information content (AvgIpc) is 3.58. The molecule has 36 heavy (non-hydrogen) atoms. The molecule has 1 fully saturated rings. The van der Waals surface area contributed by atoms with Crippen molar-refractivity contribution in [2.24, 2.45) is 5.92 Å². The molecule has 1 atom stereocenters. The predicted octanol–water partition coefficient (Wildman–Crippen LogP) is 4.58. The standard InChI is InChI=1S/C25H23F2N7OS/c1-11-4-5-34(8-11)25-31-21-18(24(32-25)33(2)3)14-10-35-9-13(14)16(19(21)27)20-17-12(6-28)23(29)36-22(17)15(26)7-30-20/h7,11H,4-5,8-10,29H2,1-3H3. The summed E-state index contributed by atoms with van der Waals surface area (Å²) in [5.74, 6) is 0.363. The quantitative estimate of drug-likeness (QED) is 0.430. The van der Waals surface area contributed by atoms with Gasteiger partial charge in [-0.2, -0.15) is 10.2 Å². The summed E-state index contributed by atoms with van der Waals surface area (Å²) in [5.41, 5.74) is 7.97. The average molecular weight is 508 g/mol.